The molecule has 0 atom stereocenters. The number of ether oxygens (including phenoxy) is 3. The second-order valence-corrected chi connectivity index (χ2v) is 7.68. The van der Waals surface area contributed by atoms with Crippen LogP contribution in [0.25, 0.3) is 0 Å². The van der Waals surface area contributed by atoms with Crippen molar-refractivity contribution in [2.45, 2.75) is 11.8 Å². The smallest absolute Gasteiger partial charge is 0.350 e. The first-order chi connectivity index (χ1) is 14.9. The van der Waals surface area contributed by atoms with Gasteiger partial charge in [-0.2, -0.15) is 5.26 Å². The fraction of sp³-hybridized carbons (Fsp3) is 0.238. The number of hydrogen-bond donors (Lipinski definition) is 2. The van der Waals surface area contributed by atoms with Crippen LogP contribution in [-0.4, -0.2) is 41.3 Å². The van der Waals surface area contributed by atoms with E-state index in [1.54, 1.807) is 56.5 Å². The third-order valence-corrected chi connectivity index (χ3v) is 5.23. The largest absolute Gasteiger partial charge is 0.491 e. The number of methoxy groups -OCH3 is 1. The lowest BCUT2D eigenvalue weighted by Crippen LogP contribution is -2.14. The van der Waals surface area contributed by atoms with Crippen molar-refractivity contribution in [3.63, 3.8) is 0 Å². The number of esters is 1. The molecule has 164 valence electrons. The van der Waals surface area contributed by atoms with Crippen LogP contribution in [0.2, 0.25) is 0 Å². The summed E-state index contributed by atoms with van der Waals surface area (Å²) >= 11 is 0. The summed E-state index contributed by atoms with van der Waals surface area (Å²) in [5.41, 5.74) is 0.339. The molecule has 2 rings (SSSR count). The molecule has 31 heavy (non-hydrogen) atoms. The second-order valence-electron chi connectivity index (χ2n) is 6.00. The van der Waals surface area contributed by atoms with Gasteiger partial charge in [-0.25, -0.2) is 13.2 Å². The van der Waals surface area contributed by atoms with Crippen LogP contribution in [0, 0.1) is 11.3 Å². The van der Waals surface area contributed by atoms with Gasteiger partial charge in [0, 0.05) is 13.3 Å². The molecule has 0 spiro atoms. The van der Waals surface area contributed by atoms with E-state index in [2.05, 4.69) is 10.0 Å². The molecule has 0 unspecified atom stereocenters. The van der Waals surface area contributed by atoms with Crippen LogP contribution in [0.1, 0.15) is 6.92 Å². The Balaban J connectivity index is 2.17. The number of hydrogen-bond acceptors (Lipinski definition) is 8. The Morgan fingerprint density at radius 1 is 1.10 bits per heavy atom. The van der Waals surface area contributed by atoms with Crippen LogP contribution in [0.4, 0.5) is 11.4 Å². The van der Waals surface area contributed by atoms with Crippen LogP contribution in [0.5, 0.6) is 5.75 Å². The van der Waals surface area contributed by atoms with Crippen molar-refractivity contribution in [1.82, 2.24) is 0 Å². The minimum absolute atomic E-state index is 0.0428. The number of nitriles is 1. The van der Waals surface area contributed by atoms with E-state index in [1.165, 1.54) is 12.1 Å². The molecule has 0 saturated carbocycles. The topological polar surface area (TPSA) is 127 Å². The maximum Gasteiger partial charge on any atom is 0.350 e. The third-order valence-electron chi connectivity index (χ3n) is 3.85. The number of rotatable bonds is 11. The molecular formula is C21H23N3O6S. The van der Waals surface area contributed by atoms with Crippen LogP contribution in [0.15, 0.2) is 65.2 Å². The molecule has 0 aliphatic rings. The van der Waals surface area contributed by atoms with Gasteiger partial charge in [0.2, 0.25) is 0 Å². The monoisotopic (exact) mass is 445 g/mol. The molecule has 2 aromatic rings. The normalized spacial score (nSPS) is 11.3. The SMILES string of the molecule is CCOC(=O)/C(C#N)=C/Nc1ccccc1NS(=O)(=O)c1ccc(OCCOC)cc1. The first-order valence-corrected chi connectivity index (χ1v) is 10.8. The number of carbonyl (C=O) groups is 1. The molecule has 2 N–H and O–H groups in total. The Hall–Kier alpha value is -3.55. The van der Waals surface area contributed by atoms with E-state index in [9.17, 15) is 13.2 Å². The maximum absolute atomic E-state index is 12.8. The van der Waals surface area contributed by atoms with Gasteiger partial charge in [-0.1, -0.05) is 12.1 Å². The number of nitrogens with one attached hydrogen (secondary N) is 2. The third kappa shape index (κ3) is 7.02. The number of anilines is 2. The molecule has 9 nitrogen and oxygen atoms in total. The Kier molecular flexibility index (Phi) is 8.87. The Morgan fingerprint density at radius 2 is 1.77 bits per heavy atom. The quantitative estimate of drug-likeness (QED) is 0.234. The summed E-state index contributed by atoms with van der Waals surface area (Å²) in [6.07, 6.45) is 1.16. The average Bonchev–Trinajstić information content (AvgIpc) is 2.76. The van der Waals surface area contributed by atoms with Gasteiger partial charge >= 0.3 is 5.97 Å². The summed E-state index contributed by atoms with van der Waals surface area (Å²) in [5.74, 6) is -0.255. The van der Waals surface area contributed by atoms with E-state index in [1.807, 2.05) is 0 Å². The van der Waals surface area contributed by atoms with Crippen molar-refractivity contribution in [3.05, 3.63) is 60.3 Å². The number of para-hydroxylation sites is 2. The lowest BCUT2D eigenvalue weighted by molar-refractivity contribution is -0.138. The van der Waals surface area contributed by atoms with Gasteiger partial charge in [-0.15, -0.1) is 0 Å². The zero-order valence-electron chi connectivity index (χ0n) is 17.1. The zero-order chi connectivity index (χ0) is 22.7. The molecule has 10 heteroatoms. The van der Waals surface area contributed by atoms with Gasteiger partial charge < -0.3 is 19.5 Å². The standard InChI is InChI=1S/C21H23N3O6S/c1-3-29-21(25)16(14-22)15-23-19-6-4-5-7-20(19)24-31(26,27)18-10-8-17(9-11-18)30-13-12-28-2/h4-11,15,23-24H,3,12-13H2,1-2H3/b16-15+. The highest BCUT2D eigenvalue weighted by Gasteiger charge is 2.16. The molecular weight excluding hydrogens is 422 g/mol. The van der Waals surface area contributed by atoms with Gasteiger partial charge in [0.05, 0.1) is 29.5 Å². The lowest BCUT2D eigenvalue weighted by atomic mass is 10.2. The maximum atomic E-state index is 12.8. The summed E-state index contributed by atoms with van der Waals surface area (Å²) in [6.45, 7) is 2.53. The Morgan fingerprint density at radius 3 is 2.39 bits per heavy atom. The van der Waals surface area contributed by atoms with Crippen LogP contribution in [0.3, 0.4) is 0 Å². The molecule has 0 radical (unpaired) electrons. The minimum atomic E-state index is -3.89. The molecule has 0 fully saturated rings. The van der Waals surface area contributed by atoms with Crippen LogP contribution >= 0.6 is 0 Å². The van der Waals surface area contributed by atoms with E-state index in [4.69, 9.17) is 19.5 Å². The van der Waals surface area contributed by atoms with Crippen molar-refractivity contribution in [2.24, 2.45) is 0 Å². The molecule has 2 aromatic carbocycles. The molecule has 0 saturated heterocycles. The highest BCUT2D eigenvalue weighted by atomic mass is 32.2. The predicted octanol–water partition coefficient (Wildman–Crippen LogP) is 2.90. The number of carbonyl (C=O) groups excluding carboxylic acids is 1. The van der Waals surface area contributed by atoms with Gasteiger partial charge in [-0.3, -0.25) is 4.72 Å². The van der Waals surface area contributed by atoms with E-state index in [-0.39, 0.29) is 22.8 Å². The number of sulfonamides is 1. The Bertz CT molecular complexity index is 1060. The minimum Gasteiger partial charge on any atom is -0.491 e. The molecule has 0 heterocycles. The van der Waals surface area contributed by atoms with Crippen LogP contribution < -0.4 is 14.8 Å². The van der Waals surface area contributed by atoms with Crippen molar-refractivity contribution >= 4 is 27.4 Å². The highest BCUT2D eigenvalue weighted by Crippen LogP contribution is 2.25. The summed E-state index contributed by atoms with van der Waals surface area (Å²) in [4.78, 5) is 11.8. The van der Waals surface area contributed by atoms with E-state index in [0.717, 1.165) is 6.20 Å². The van der Waals surface area contributed by atoms with Crippen LogP contribution in [-0.2, 0) is 24.3 Å². The first kappa shape index (κ1) is 23.7. The number of nitrogens with zero attached hydrogens (tertiary/aromatic N) is 1. The Labute approximate surface area is 181 Å². The molecule has 0 bridgehead atoms. The predicted molar refractivity (Wildman–Crippen MR) is 115 cm³/mol. The number of benzene rings is 2. The zero-order valence-corrected chi connectivity index (χ0v) is 17.9. The average molecular weight is 445 g/mol. The summed E-state index contributed by atoms with van der Waals surface area (Å²) in [5, 5.41) is 11.9. The first-order valence-electron chi connectivity index (χ1n) is 9.29. The molecule has 0 amide bonds. The van der Waals surface area contributed by atoms with E-state index < -0.39 is 16.0 Å². The molecule has 0 aliphatic heterocycles. The van der Waals surface area contributed by atoms with Gasteiger partial charge in [0.15, 0.2) is 5.57 Å². The van der Waals surface area contributed by atoms with Gasteiger partial charge in [0.25, 0.3) is 10.0 Å². The van der Waals surface area contributed by atoms with Gasteiger partial charge in [0.1, 0.15) is 18.4 Å². The summed E-state index contributed by atoms with van der Waals surface area (Å²) < 4.78 is 43.2. The van der Waals surface area contributed by atoms with Crippen molar-refractivity contribution in [3.8, 4) is 11.8 Å². The van der Waals surface area contributed by atoms with Crippen molar-refractivity contribution < 1.29 is 27.4 Å². The molecule has 0 aromatic heterocycles. The van der Waals surface area contributed by atoms with Crippen molar-refractivity contribution in [1.29, 1.82) is 5.26 Å². The fourth-order valence-electron chi connectivity index (χ4n) is 2.36. The second kappa shape index (κ2) is 11.6. The summed E-state index contributed by atoms with van der Waals surface area (Å²) in [6, 6.07) is 14.2. The van der Waals surface area contributed by atoms with Gasteiger partial charge in [-0.05, 0) is 43.3 Å². The van der Waals surface area contributed by atoms with E-state index in [0.29, 0.717) is 24.7 Å². The van der Waals surface area contributed by atoms with E-state index >= 15 is 0 Å². The fourth-order valence-corrected chi connectivity index (χ4v) is 3.43. The molecule has 0 aliphatic carbocycles. The lowest BCUT2D eigenvalue weighted by Gasteiger charge is -2.13. The van der Waals surface area contributed by atoms with Crippen molar-refractivity contribution in [2.75, 3.05) is 37.0 Å². The summed E-state index contributed by atoms with van der Waals surface area (Å²) in [7, 11) is -2.33. The highest BCUT2D eigenvalue weighted by molar-refractivity contribution is 7.92.